The van der Waals surface area contributed by atoms with Gasteiger partial charge >= 0.3 is 6.18 Å². The Morgan fingerprint density at radius 2 is 1.86 bits per heavy atom. The zero-order chi connectivity index (χ0) is 20.6. The number of nitrogens with zero attached hydrogens (tertiary/aromatic N) is 5. The number of alkyl halides is 3. The van der Waals surface area contributed by atoms with Gasteiger partial charge in [-0.3, -0.25) is 20.2 Å². The molecule has 0 fully saturated rings. The van der Waals surface area contributed by atoms with Crippen molar-refractivity contribution in [3.8, 4) is 0 Å². The predicted octanol–water partition coefficient (Wildman–Crippen LogP) is 3.10. The van der Waals surface area contributed by atoms with Gasteiger partial charge in [0.2, 0.25) is 0 Å². The average molecular weight is 400 g/mol. The lowest BCUT2D eigenvalue weighted by Crippen LogP contribution is -2.32. The van der Waals surface area contributed by atoms with E-state index in [0.29, 0.717) is 37.2 Å². The first-order valence-corrected chi connectivity index (χ1v) is 8.33. The fraction of sp³-hybridized carbons (Fsp3) is 0.467. The molecule has 1 unspecified atom stereocenters. The Bertz CT molecular complexity index is 907. The molecule has 28 heavy (non-hydrogen) atoms. The number of hydrogen-bond donors (Lipinski definition) is 1. The molecule has 1 N–H and O–H groups in total. The average Bonchev–Trinajstić information content (AvgIpc) is 3.02. The van der Waals surface area contributed by atoms with Crippen molar-refractivity contribution in [2.75, 3.05) is 5.32 Å². The van der Waals surface area contributed by atoms with Crippen molar-refractivity contribution in [1.29, 1.82) is 0 Å². The normalized spacial score (nSPS) is 16.5. The summed E-state index contributed by atoms with van der Waals surface area (Å²) < 4.78 is 40.5. The SMILES string of the molecule is CCc1nc2n(n1)CC(Nc1c([N+](=O)[O-])cc(C(F)(F)F)cc1[N+](=O)[O-])CC2. The second-order valence-corrected chi connectivity index (χ2v) is 6.26. The molecule has 0 spiro atoms. The first kappa shape index (κ1) is 19.5. The maximum atomic E-state index is 13.0. The number of benzene rings is 1. The molecule has 10 nitrogen and oxygen atoms in total. The summed E-state index contributed by atoms with van der Waals surface area (Å²) in [7, 11) is 0. The van der Waals surface area contributed by atoms with E-state index in [0.717, 1.165) is 5.82 Å². The van der Waals surface area contributed by atoms with Gasteiger partial charge in [-0.25, -0.2) is 9.67 Å². The molecule has 2 heterocycles. The second-order valence-electron chi connectivity index (χ2n) is 6.26. The number of nitro groups is 2. The first-order valence-electron chi connectivity index (χ1n) is 8.33. The largest absolute Gasteiger partial charge is 0.416 e. The summed E-state index contributed by atoms with van der Waals surface area (Å²) in [6, 6.07) is 0.107. The molecule has 0 bridgehead atoms. The maximum absolute atomic E-state index is 13.0. The van der Waals surface area contributed by atoms with Gasteiger partial charge in [-0.15, -0.1) is 0 Å². The Hall–Kier alpha value is -3.25. The first-order chi connectivity index (χ1) is 13.1. The number of nitrogens with one attached hydrogen (secondary N) is 1. The predicted molar refractivity (Wildman–Crippen MR) is 89.9 cm³/mol. The van der Waals surface area contributed by atoms with Gasteiger partial charge in [-0.05, 0) is 6.42 Å². The van der Waals surface area contributed by atoms with Crippen LogP contribution in [0.3, 0.4) is 0 Å². The van der Waals surface area contributed by atoms with Crippen LogP contribution in [0.4, 0.5) is 30.2 Å². The van der Waals surface area contributed by atoms with Crippen molar-refractivity contribution in [3.05, 3.63) is 49.6 Å². The minimum Gasteiger partial charge on any atom is -0.369 e. The number of anilines is 1. The van der Waals surface area contributed by atoms with Crippen LogP contribution >= 0.6 is 0 Å². The van der Waals surface area contributed by atoms with Gasteiger partial charge in [0, 0.05) is 31.0 Å². The van der Waals surface area contributed by atoms with Crippen molar-refractivity contribution >= 4 is 17.1 Å². The Morgan fingerprint density at radius 3 is 2.36 bits per heavy atom. The Balaban J connectivity index is 1.99. The smallest absolute Gasteiger partial charge is 0.369 e. The van der Waals surface area contributed by atoms with Crippen LogP contribution in [-0.2, 0) is 25.6 Å². The highest BCUT2D eigenvalue weighted by atomic mass is 19.4. The van der Waals surface area contributed by atoms with E-state index < -0.39 is 44.7 Å². The molecule has 0 saturated carbocycles. The van der Waals surface area contributed by atoms with Gasteiger partial charge in [0.05, 0.1) is 22.0 Å². The minimum atomic E-state index is -4.95. The van der Waals surface area contributed by atoms with Gasteiger partial charge in [-0.2, -0.15) is 18.3 Å². The van der Waals surface area contributed by atoms with Crippen LogP contribution in [0.1, 0.15) is 30.6 Å². The van der Waals surface area contributed by atoms with E-state index in [9.17, 15) is 33.4 Å². The highest BCUT2D eigenvalue weighted by Gasteiger charge is 2.38. The number of fused-ring (bicyclic) bond motifs is 1. The van der Waals surface area contributed by atoms with E-state index in [2.05, 4.69) is 15.4 Å². The van der Waals surface area contributed by atoms with E-state index in [1.165, 1.54) is 0 Å². The fourth-order valence-corrected chi connectivity index (χ4v) is 3.04. The third-order valence-corrected chi connectivity index (χ3v) is 4.38. The molecule has 1 aromatic heterocycles. The van der Waals surface area contributed by atoms with Crippen LogP contribution < -0.4 is 5.32 Å². The number of hydrogen-bond acceptors (Lipinski definition) is 7. The summed E-state index contributed by atoms with van der Waals surface area (Å²) in [6.45, 7) is 2.11. The van der Waals surface area contributed by atoms with Crippen LogP contribution in [0.2, 0.25) is 0 Å². The standard InChI is InChI=1S/C15H15F3N6O4/c1-2-12-20-13-4-3-9(7-22(13)21-12)19-14-10(23(25)26)5-8(15(16,17)18)6-11(14)24(27)28/h5-6,9,19H,2-4,7H2,1H3. The zero-order valence-corrected chi connectivity index (χ0v) is 14.6. The molecule has 0 saturated heterocycles. The molecule has 1 aromatic carbocycles. The molecule has 0 radical (unpaired) electrons. The highest BCUT2D eigenvalue weighted by molar-refractivity contribution is 5.75. The molecule has 150 valence electrons. The molecule has 0 amide bonds. The van der Waals surface area contributed by atoms with E-state index in [4.69, 9.17) is 0 Å². The van der Waals surface area contributed by atoms with Gasteiger partial charge in [0.25, 0.3) is 11.4 Å². The summed E-state index contributed by atoms with van der Waals surface area (Å²) in [5, 5.41) is 29.6. The lowest BCUT2D eigenvalue weighted by molar-refractivity contribution is -0.392. The molecular formula is C15H15F3N6O4. The lowest BCUT2D eigenvalue weighted by Gasteiger charge is -2.24. The van der Waals surface area contributed by atoms with Crippen LogP contribution in [0.15, 0.2) is 12.1 Å². The number of aryl methyl sites for hydroxylation is 2. The van der Waals surface area contributed by atoms with Crippen LogP contribution in [-0.4, -0.2) is 30.7 Å². The number of aromatic nitrogens is 3. The quantitative estimate of drug-likeness (QED) is 0.603. The molecule has 1 atom stereocenters. The molecule has 1 aliphatic heterocycles. The Morgan fingerprint density at radius 1 is 1.25 bits per heavy atom. The lowest BCUT2D eigenvalue weighted by atomic mass is 10.1. The van der Waals surface area contributed by atoms with E-state index >= 15 is 0 Å². The van der Waals surface area contributed by atoms with E-state index in [1.807, 2.05) is 6.92 Å². The molecular weight excluding hydrogens is 385 g/mol. The summed E-state index contributed by atoms with van der Waals surface area (Å²) in [5.41, 5.74) is -4.00. The summed E-state index contributed by atoms with van der Waals surface area (Å²) in [5.74, 6) is 1.36. The topological polar surface area (TPSA) is 129 Å². The van der Waals surface area contributed by atoms with E-state index in [1.54, 1.807) is 4.68 Å². The van der Waals surface area contributed by atoms with Crippen molar-refractivity contribution in [2.45, 2.75) is 44.9 Å². The monoisotopic (exact) mass is 400 g/mol. The van der Waals surface area contributed by atoms with Crippen LogP contribution in [0, 0.1) is 20.2 Å². The molecule has 3 rings (SSSR count). The van der Waals surface area contributed by atoms with Crippen molar-refractivity contribution in [3.63, 3.8) is 0 Å². The van der Waals surface area contributed by atoms with Gasteiger partial charge in [0.1, 0.15) is 5.82 Å². The number of halogens is 3. The van der Waals surface area contributed by atoms with E-state index in [-0.39, 0.29) is 6.54 Å². The van der Waals surface area contributed by atoms with Crippen molar-refractivity contribution < 1.29 is 23.0 Å². The zero-order valence-electron chi connectivity index (χ0n) is 14.6. The fourth-order valence-electron chi connectivity index (χ4n) is 3.04. The van der Waals surface area contributed by atoms with Gasteiger partial charge < -0.3 is 5.32 Å². The Labute approximate surface area is 155 Å². The summed E-state index contributed by atoms with van der Waals surface area (Å²) in [6.07, 6.45) is -3.41. The molecule has 0 aliphatic carbocycles. The van der Waals surface area contributed by atoms with Crippen LogP contribution in [0.25, 0.3) is 0 Å². The third-order valence-electron chi connectivity index (χ3n) is 4.38. The number of rotatable bonds is 5. The highest BCUT2D eigenvalue weighted by Crippen LogP contribution is 2.41. The van der Waals surface area contributed by atoms with Gasteiger partial charge in [-0.1, -0.05) is 6.92 Å². The number of nitro benzene ring substituents is 2. The molecule has 13 heteroatoms. The molecule has 1 aliphatic rings. The summed E-state index contributed by atoms with van der Waals surface area (Å²) in [4.78, 5) is 24.8. The van der Waals surface area contributed by atoms with Crippen molar-refractivity contribution in [1.82, 2.24) is 14.8 Å². The molecule has 2 aromatic rings. The Kier molecular flexibility index (Phi) is 4.91. The minimum absolute atomic E-state index is 0.234. The van der Waals surface area contributed by atoms with Gasteiger partial charge in [0.15, 0.2) is 11.5 Å². The maximum Gasteiger partial charge on any atom is 0.416 e. The van der Waals surface area contributed by atoms with Crippen molar-refractivity contribution in [2.24, 2.45) is 0 Å². The second kappa shape index (κ2) is 7.05. The third kappa shape index (κ3) is 3.73. The summed E-state index contributed by atoms with van der Waals surface area (Å²) >= 11 is 0. The van der Waals surface area contributed by atoms with Crippen LogP contribution in [0.5, 0.6) is 0 Å².